The highest BCUT2D eigenvalue weighted by Gasteiger charge is 2.35. The van der Waals surface area contributed by atoms with Gasteiger partial charge < -0.3 is 15.1 Å². The van der Waals surface area contributed by atoms with Crippen LogP contribution in [0.1, 0.15) is 55.1 Å². The first kappa shape index (κ1) is 24.0. The average molecular weight is 518 g/mol. The molecule has 2 saturated heterocycles. The molecule has 2 amide bonds. The number of carbonyl (C=O) groups is 2. The number of aromatic nitrogens is 4. The monoisotopic (exact) mass is 517 g/mol. The van der Waals surface area contributed by atoms with Gasteiger partial charge in [0.25, 0.3) is 0 Å². The van der Waals surface area contributed by atoms with Gasteiger partial charge in [0.15, 0.2) is 0 Å². The fraction of sp³-hybridized carbons (Fsp3) is 0.444. The van der Waals surface area contributed by atoms with Crippen LogP contribution in [0.4, 0.5) is 5.69 Å². The van der Waals surface area contributed by atoms with Gasteiger partial charge in [-0.1, -0.05) is 13.0 Å². The van der Waals surface area contributed by atoms with Crippen molar-refractivity contribution in [3.8, 4) is 0 Å². The van der Waals surface area contributed by atoms with E-state index in [2.05, 4.69) is 57.6 Å². The first-order valence-corrected chi connectivity index (χ1v) is 13.8. The van der Waals surface area contributed by atoms with Crippen molar-refractivity contribution >= 4 is 50.0 Å². The second kappa shape index (κ2) is 9.83. The zero-order valence-corrected chi connectivity index (χ0v) is 21.9. The van der Waals surface area contributed by atoms with E-state index in [-0.39, 0.29) is 6.04 Å². The SMILES string of the molecule is C[C@H]1CC[C@H](c2ccc3sc(C4CCCN(C)C4)nc3c2)N(C(=O)C(=O)Nc2cncc3cn[nH]c23)C1. The first-order chi connectivity index (χ1) is 18.0. The average Bonchev–Trinajstić information content (AvgIpc) is 3.55. The Kier molecular flexibility index (Phi) is 6.37. The van der Waals surface area contributed by atoms with Crippen molar-refractivity contribution in [1.82, 2.24) is 30.0 Å². The Labute approximate surface area is 219 Å². The highest BCUT2D eigenvalue weighted by Crippen LogP contribution is 2.37. The fourth-order valence-electron chi connectivity index (χ4n) is 5.70. The Hall–Kier alpha value is -3.37. The third-order valence-corrected chi connectivity index (χ3v) is 8.86. The van der Waals surface area contributed by atoms with E-state index in [1.165, 1.54) is 28.7 Å². The molecule has 2 aliphatic heterocycles. The lowest BCUT2D eigenvalue weighted by atomic mass is 9.89. The van der Waals surface area contributed by atoms with Crippen molar-refractivity contribution in [3.05, 3.63) is 47.4 Å². The maximum atomic E-state index is 13.5. The Morgan fingerprint density at radius 3 is 2.89 bits per heavy atom. The number of rotatable bonds is 3. The van der Waals surface area contributed by atoms with E-state index in [9.17, 15) is 9.59 Å². The number of pyridine rings is 1. The predicted molar refractivity (Wildman–Crippen MR) is 144 cm³/mol. The number of nitrogens with one attached hydrogen (secondary N) is 2. The number of nitrogens with zero attached hydrogens (tertiary/aromatic N) is 5. The van der Waals surface area contributed by atoms with Crippen molar-refractivity contribution in [2.75, 3.05) is 32.0 Å². The molecule has 192 valence electrons. The number of hydrogen-bond acceptors (Lipinski definition) is 7. The molecule has 1 unspecified atom stereocenters. The number of piperidine rings is 2. The Balaban J connectivity index is 1.25. The van der Waals surface area contributed by atoms with Gasteiger partial charge in [-0.05, 0) is 62.9 Å². The second-order valence-electron chi connectivity index (χ2n) is 10.5. The number of carbonyl (C=O) groups excluding carboxylic acids is 2. The van der Waals surface area contributed by atoms with Gasteiger partial charge in [0.1, 0.15) is 0 Å². The lowest BCUT2D eigenvalue weighted by molar-refractivity contribution is -0.146. The third kappa shape index (κ3) is 4.71. The molecular formula is C27H31N7O2S. The molecule has 3 atom stereocenters. The summed E-state index contributed by atoms with van der Waals surface area (Å²) in [4.78, 5) is 39.8. The zero-order valence-electron chi connectivity index (χ0n) is 21.1. The predicted octanol–water partition coefficient (Wildman–Crippen LogP) is 4.32. The van der Waals surface area contributed by atoms with Crippen molar-refractivity contribution in [3.63, 3.8) is 0 Å². The standard InChI is InChI=1S/C27H31N7O2S/c1-16-5-7-22(17-6-8-23-20(10-17)31-26(37-23)18-4-3-9-33(2)15-18)34(14-16)27(36)25(35)30-21-13-28-11-19-12-29-32-24(19)21/h6,8,10-13,16,18,22H,3-5,7,9,14-15H2,1-2H3,(H,29,32)(H,30,35)/t16-,18?,22+/m0/s1. The number of likely N-dealkylation sites (tertiary alicyclic amines) is 2. The largest absolute Gasteiger partial charge is 0.327 e. The summed E-state index contributed by atoms with van der Waals surface area (Å²) in [6.07, 6.45) is 9.01. The molecule has 3 aromatic heterocycles. The van der Waals surface area contributed by atoms with E-state index in [0.717, 1.165) is 42.4 Å². The van der Waals surface area contributed by atoms with E-state index < -0.39 is 11.8 Å². The third-order valence-electron chi connectivity index (χ3n) is 7.66. The second-order valence-corrected chi connectivity index (χ2v) is 11.6. The topological polar surface area (TPSA) is 107 Å². The van der Waals surface area contributed by atoms with Gasteiger partial charge in [-0.3, -0.25) is 19.7 Å². The molecule has 6 rings (SSSR count). The van der Waals surface area contributed by atoms with Crippen LogP contribution in [0.15, 0.2) is 36.8 Å². The Morgan fingerprint density at radius 1 is 1.14 bits per heavy atom. The maximum Gasteiger partial charge on any atom is 0.314 e. The number of likely N-dealkylation sites (N-methyl/N-ethyl adjacent to an activating group) is 1. The number of amides is 2. The van der Waals surface area contributed by atoms with Crippen LogP contribution < -0.4 is 5.32 Å². The van der Waals surface area contributed by atoms with Gasteiger partial charge in [-0.15, -0.1) is 11.3 Å². The molecule has 4 aromatic rings. The molecule has 1 aromatic carbocycles. The summed E-state index contributed by atoms with van der Waals surface area (Å²) in [5.74, 6) is -0.395. The number of fused-ring (bicyclic) bond motifs is 2. The van der Waals surface area contributed by atoms with Crippen LogP contribution in [0.3, 0.4) is 0 Å². The number of H-pyrrole nitrogens is 1. The summed E-state index contributed by atoms with van der Waals surface area (Å²) >= 11 is 1.78. The molecule has 0 saturated carbocycles. The molecule has 0 aliphatic carbocycles. The van der Waals surface area contributed by atoms with Crippen molar-refractivity contribution in [2.24, 2.45) is 5.92 Å². The van der Waals surface area contributed by atoms with Crippen LogP contribution in [0.2, 0.25) is 0 Å². The smallest absolute Gasteiger partial charge is 0.314 e. The van der Waals surface area contributed by atoms with Gasteiger partial charge in [-0.25, -0.2) is 4.98 Å². The van der Waals surface area contributed by atoms with Gasteiger partial charge in [0.2, 0.25) is 0 Å². The van der Waals surface area contributed by atoms with E-state index in [4.69, 9.17) is 4.98 Å². The molecule has 0 bridgehead atoms. The Bertz CT molecular complexity index is 1460. The van der Waals surface area contributed by atoms with Gasteiger partial charge in [0.05, 0.1) is 44.9 Å². The van der Waals surface area contributed by atoms with Gasteiger partial charge in [0, 0.05) is 30.6 Å². The maximum absolute atomic E-state index is 13.5. The minimum atomic E-state index is -0.665. The summed E-state index contributed by atoms with van der Waals surface area (Å²) in [5.41, 5.74) is 3.11. The van der Waals surface area contributed by atoms with Crippen molar-refractivity contribution in [1.29, 1.82) is 0 Å². The highest BCUT2D eigenvalue weighted by molar-refractivity contribution is 7.18. The van der Waals surface area contributed by atoms with Crippen molar-refractivity contribution < 1.29 is 9.59 Å². The summed E-state index contributed by atoms with van der Waals surface area (Å²) in [6, 6.07) is 6.19. The molecule has 0 radical (unpaired) electrons. The van der Waals surface area contributed by atoms with E-state index >= 15 is 0 Å². The van der Waals surface area contributed by atoms with Crippen molar-refractivity contribution in [2.45, 2.75) is 44.6 Å². The van der Waals surface area contributed by atoms with E-state index in [0.29, 0.717) is 29.6 Å². The normalized spacial score (nSPS) is 23.0. The summed E-state index contributed by atoms with van der Waals surface area (Å²) in [7, 11) is 2.18. The van der Waals surface area contributed by atoms with Crippen LogP contribution in [-0.2, 0) is 9.59 Å². The quantitative estimate of drug-likeness (QED) is 0.392. The lowest BCUT2D eigenvalue weighted by Crippen LogP contribution is -2.46. The van der Waals surface area contributed by atoms with Crippen LogP contribution in [-0.4, -0.2) is 68.5 Å². The fourth-order valence-corrected chi connectivity index (χ4v) is 6.78. The van der Waals surface area contributed by atoms with Crippen LogP contribution in [0.5, 0.6) is 0 Å². The van der Waals surface area contributed by atoms with E-state index in [1.54, 1.807) is 28.6 Å². The minimum absolute atomic E-state index is 0.161. The van der Waals surface area contributed by atoms with Gasteiger partial charge in [-0.2, -0.15) is 5.10 Å². The minimum Gasteiger partial charge on any atom is -0.327 e. The molecule has 2 aliphatic rings. The molecule has 0 spiro atoms. The lowest BCUT2D eigenvalue weighted by Gasteiger charge is -2.38. The summed E-state index contributed by atoms with van der Waals surface area (Å²) in [5, 5.41) is 11.6. The molecule has 5 heterocycles. The van der Waals surface area contributed by atoms with Gasteiger partial charge >= 0.3 is 11.8 Å². The zero-order chi connectivity index (χ0) is 25.5. The highest BCUT2D eigenvalue weighted by atomic mass is 32.1. The number of hydrogen-bond donors (Lipinski definition) is 2. The molecule has 37 heavy (non-hydrogen) atoms. The number of anilines is 1. The molecule has 2 N–H and O–H groups in total. The molecule has 9 nitrogen and oxygen atoms in total. The summed E-state index contributed by atoms with van der Waals surface area (Å²) in [6.45, 7) is 4.86. The molecule has 2 fully saturated rings. The van der Waals surface area contributed by atoms with Crippen LogP contribution >= 0.6 is 11.3 Å². The molecule has 10 heteroatoms. The number of thiazole rings is 1. The first-order valence-electron chi connectivity index (χ1n) is 12.9. The van der Waals surface area contributed by atoms with E-state index in [1.807, 2.05) is 0 Å². The number of benzene rings is 1. The summed E-state index contributed by atoms with van der Waals surface area (Å²) < 4.78 is 1.17. The number of aromatic amines is 1. The van der Waals surface area contributed by atoms with Crippen LogP contribution in [0.25, 0.3) is 21.1 Å². The molecular weight excluding hydrogens is 486 g/mol. The van der Waals surface area contributed by atoms with Crippen LogP contribution in [0, 0.1) is 5.92 Å². The Morgan fingerprint density at radius 2 is 2.03 bits per heavy atom.